The van der Waals surface area contributed by atoms with Crippen LogP contribution in [0.3, 0.4) is 0 Å². The SMILES string of the molecule is CC(C)(C)OC(=O)N1C(C(=O)On2c(O)ccc2O)CSC1c1cccnc1. The van der Waals surface area contributed by atoms with Gasteiger partial charge in [0.05, 0.1) is 0 Å². The monoisotopic (exact) mass is 407 g/mol. The standard InChI is InChI=1S/C18H21N3O6S/c1-18(2,3)26-17(25)20-12(10-28-15(20)11-5-4-8-19-9-11)16(24)27-21-13(22)6-7-14(21)23/h4-9,12,15,22-23H,10H2,1-3H3. The maximum atomic E-state index is 12.9. The van der Waals surface area contributed by atoms with Gasteiger partial charge < -0.3 is 19.8 Å². The van der Waals surface area contributed by atoms with Gasteiger partial charge in [0, 0.05) is 35.8 Å². The molecule has 0 radical (unpaired) electrons. The second-order valence-corrected chi connectivity index (χ2v) is 8.24. The molecule has 2 unspecified atom stereocenters. The molecule has 0 aromatic carbocycles. The molecule has 10 heteroatoms. The van der Waals surface area contributed by atoms with Crippen LogP contribution in [-0.2, 0) is 9.53 Å². The summed E-state index contributed by atoms with van der Waals surface area (Å²) < 4.78 is 6.07. The Hall–Kier alpha value is -2.88. The van der Waals surface area contributed by atoms with Gasteiger partial charge in [0.2, 0.25) is 11.8 Å². The van der Waals surface area contributed by atoms with Crippen LogP contribution >= 0.6 is 11.8 Å². The number of aromatic hydroxyl groups is 2. The molecule has 0 bridgehead atoms. The highest BCUT2D eigenvalue weighted by Crippen LogP contribution is 2.42. The number of hydrogen-bond acceptors (Lipinski definition) is 8. The number of nitrogens with zero attached hydrogens (tertiary/aromatic N) is 3. The highest BCUT2D eigenvalue weighted by atomic mass is 32.2. The Morgan fingerprint density at radius 2 is 1.89 bits per heavy atom. The number of carbonyl (C=O) groups is 2. The van der Waals surface area contributed by atoms with Gasteiger partial charge in [0.15, 0.2) is 0 Å². The minimum absolute atomic E-state index is 0.250. The first-order valence-corrected chi connectivity index (χ1v) is 9.57. The van der Waals surface area contributed by atoms with Gasteiger partial charge in [-0.3, -0.25) is 9.88 Å². The van der Waals surface area contributed by atoms with Crippen molar-refractivity contribution in [1.82, 2.24) is 14.6 Å². The largest absolute Gasteiger partial charge is 0.492 e. The highest BCUT2D eigenvalue weighted by molar-refractivity contribution is 7.99. The van der Waals surface area contributed by atoms with E-state index in [2.05, 4.69) is 4.98 Å². The number of amides is 1. The predicted octanol–water partition coefficient (Wildman–Crippen LogP) is 2.30. The van der Waals surface area contributed by atoms with E-state index in [1.54, 1.807) is 45.3 Å². The Morgan fingerprint density at radius 3 is 2.46 bits per heavy atom. The van der Waals surface area contributed by atoms with E-state index < -0.39 is 40.8 Å². The van der Waals surface area contributed by atoms with Gasteiger partial charge in [-0.15, -0.1) is 16.5 Å². The summed E-state index contributed by atoms with van der Waals surface area (Å²) in [5, 5.41) is 18.9. The maximum Gasteiger partial charge on any atom is 0.412 e. The summed E-state index contributed by atoms with van der Waals surface area (Å²) in [6, 6.07) is 4.92. The van der Waals surface area contributed by atoms with E-state index in [1.165, 1.54) is 28.8 Å². The van der Waals surface area contributed by atoms with Crippen LogP contribution in [0.5, 0.6) is 11.8 Å². The van der Waals surface area contributed by atoms with E-state index >= 15 is 0 Å². The topological polar surface area (TPSA) is 114 Å². The molecule has 3 rings (SSSR count). The average molecular weight is 407 g/mol. The van der Waals surface area contributed by atoms with E-state index in [1.807, 2.05) is 0 Å². The molecule has 150 valence electrons. The molecule has 0 spiro atoms. The fourth-order valence-corrected chi connectivity index (χ4v) is 4.04. The van der Waals surface area contributed by atoms with Crippen molar-refractivity contribution in [3.05, 3.63) is 42.2 Å². The summed E-state index contributed by atoms with van der Waals surface area (Å²) in [4.78, 5) is 36.0. The minimum atomic E-state index is -0.980. The summed E-state index contributed by atoms with van der Waals surface area (Å²) in [6.45, 7) is 5.20. The molecular formula is C18H21N3O6S. The number of ether oxygens (including phenoxy) is 1. The molecule has 2 aromatic rings. The fourth-order valence-electron chi connectivity index (χ4n) is 2.65. The van der Waals surface area contributed by atoms with E-state index in [9.17, 15) is 19.8 Å². The van der Waals surface area contributed by atoms with Gasteiger partial charge in [-0.1, -0.05) is 6.07 Å². The second-order valence-electron chi connectivity index (χ2n) is 7.13. The molecule has 2 aromatic heterocycles. The number of carbonyl (C=O) groups excluding carboxylic acids is 2. The lowest BCUT2D eigenvalue weighted by atomic mass is 10.2. The summed E-state index contributed by atoms with van der Waals surface area (Å²) >= 11 is 1.37. The first-order valence-electron chi connectivity index (χ1n) is 8.52. The van der Waals surface area contributed by atoms with Crippen molar-refractivity contribution >= 4 is 23.8 Å². The average Bonchev–Trinajstić information content (AvgIpc) is 3.20. The van der Waals surface area contributed by atoms with Gasteiger partial charge >= 0.3 is 12.1 Å². The predicted molar refractivity (Wildman–Crippen MR) is 101 cm³/mol. The second kappa shape index (κ2) is 7.63. The van der Waals surface area contributed by atoms with Crippen molar-refractivity contribution in [2.45, 2.75) is 37.8 Å². The van der Waals surface area contributed by atoms with Gasteiger partial charge in [-0.05, 0) is 26.8 Å². The summed E-state index contributed by atoms with van der Waals surface area (Å²) in [5.74, 6) is -1.44. The zero-order chi connectivity index (χ0) is 20.5. The first kappa shape index (κ1) is 19.9. The van der Waals surface area contributed by atoms with Gasteiger partial charge in [0.25, 0.3) is 0 Å². The summed E-state index contributed by atoms with van der Waals surface area (Å²) in [5.41, 5.74) is -0.0183. The van der Waals surface area contributed by atoms with Gasteiger partial charge in [-0.25, -0.2) is 9.59 Å². The molecule has 28 heavy (non-hydrogen) atoms. The number of thioether (sulfide) groups is 1. The lowest BCUT2D eigenvalue weighted by Crippen LogP contribution is -2.47. The van der Waals surface area contributed by atoms with E-state index in [0.717, 1.165) is 5.56 Å². The van der Waals surface area contributed by atoms with Crippen LogP contribution in [0.15, 0.2) is 36.7 Å². The van der Waals surface area contributed by atoms with Crippen LogP contribution in [0.4, 0.5) is 4.79 Å². The highest BCUT2D eigenvalue weighted by Gasteiger charge is 2.45. The van der Waals surface area contributed by atoms with Gasteiger partial charge in [-0.2, -0.15) is 0 Å². The van der Waals surface area contributed by atoms with Crippen LogP contribution in [0.1, 0.15) is 31.7 Å². The van der Waals surface area contributed by atoms with Crippen molar-refractivity contribution in [2.24, 2.45) is 0 Å². The number of aromatic nitrogens is 2. The van der Waals surface area contributed by atoms with Crippen LogP contribution in [-0.4, -0.2) is 54.3 Å². The maximum absolute atomic E-state index is 12.9. The van der Waals surface area contributed by atoms with E-state index in [0.29, 0.717) is 4.73 Å². The zero-order valence-electron chi connectivity index (χ0n) is 15.6. The summed E-state index contributed by atoms with van der Waals surface area (Å²) in [6.07, 6.45) is 2.56. The molecular weight excluding hydrogens is 386 g/mol. The third kappa shape index (κ3) is 4.16. The quantitative estimate of drug-likeness (QED) is 0.797. The lowest BCUT2D eigenvalue weighted by molar-refractivity contribution is -0.150. The van der Waals surface area contributed by atoms with Crippen molar-refractivity contribution in [1.29, 1.82) is 0 Å². The molecule has 9 nitrogen and oxygen atoms in total. The van der Waals surface area contributed by atoms with Crippen molar-refractivity contribution < 1.29 is 29.4 Å². The van der Waals surface area contributed by atoms with E-state index in [4.69, 9.17) is 9.57 Å². The lowest BCUT2D eigenvalue weighted by Gasteiger charge is -2.30. The van der Waals surface area contributed by atoms with Crippen LogP contribution in [0.2, 0.25) is 0 Å². The number of rotatable bonds is 3. The molecule has 1 aliphatic heterocycles. The number of hydrogen-bond donors (Lipinski definition) is 2. The zero-order valence-corrected chi connectivity index (χ0v) is 16.4. The number of pyridine rings is 1. The minimum Gasteiger partial charge on any atom is -0.492 e. The molecule has 2 N–H and O–H groups in total. The van der Waals surface area contributed by atoms with Gasteiger partial charge in [0.1, 0.15) is 17.0 Å². The summed E-state index contributed by atoms with van der Waals surface area (Å²) in [7, 11) is 0. The first-order chi connectivity index (χ1) is 13.2. The third-order valence-electron chi connectivity index (χ3n) is 3.83. The molecule has 0 saturated carbocycles. The smallest absolute Gasteiger partial charge is 0.412 e. The van der Waals surface area contributed by atoms with Crippen LogP contribution in [0.25, 0.3) is 0 Å². The van der Waals surface area contributed by atoms with Crippen molar-refractivity contribution in [2.75, 3.05) is 5.75 Å². The Kier molecular flexibility index (Phi) is 5.41. The molecule has 0 aliphatic carbocycles. The molecule has 1 fully saturated rings. The molecule has 2 atom stereocenters. The Balaban J connectivity index is 1.88. The Morgan fingerprint density at radius 1 is 1.21 bits per heavy atom. The van der Waals surface area contributed by atoms with Crippen molar-refractivity contribution in [3.8, 4) is 11.8 Å². The normalized spacial score (nSPS) is 19.5. The molecule has 1 saturated heterocycles. The molecule has 1 amide bonds. The third-order valence-corrected chi connectivity index (χ3v) is 5.15. The Bertz CT molecular complexity index is 844. The fraction of sp³-hybridized carbons (Fsp3) is 0.389. The molecule has 1 aliphatic rings. The Labute approximate surface area is 165 Å². The molecule has 3 heterocycles. The van der Waals surface area contributed by atoms with Crippen LogP contribution < -0.4 is 4.84 Å². The van der Waals surface area contributed by atoms with Crippen molar-refractivity contribution in [3.63, 3.8) is 0 Å². The van der Waals surface area contributed by atoms with E-state index in [-0.39, 0.29) is 5.75 Å². The van der Waals surface area contributed by atoms with Crippen LogP contribution in [0, 0.1) is 0 Å².